The Balaban J connectivity index is 2.80. The number of aryl methyl sites for hydroxylation is 1. The smallest absolute Gasteiger partial charge is 0.406 e. The number of hydrogen-bond donors (Lipinski definition) is 0. The van der Waals surface area contributed by atoms with Gasteiger partial charge in [-0.05, 0) is 28.5 Å². The molecule has 1 aromatic rings. The van der Waals surface area contributed by atoms with Crippen molar-refractivity contribution in [3.05, 3.63) is 27.9 Å². The molecule has 0 spiro atoms. The van der Waals surface area contributed by atoms with Gasteiger partial charge in [0.2, 0.25) is 5.75 Å². The second-order valence-electron chi connectivity index (χ2n) is 3.77. The van der Waals surface area contributed by atoms with E-state index in [1.807, 2.05) is 0 Å². The average molecular weight is 303 g/mol. The lowest BCUT2D eigenvalue weighted by molar-refractivity contribution is -0.390. The molecule has 5 nitrogen and oxygen atoms in total. The van der Waals surface area contributed by atoms with E-state index in [9.17, 15) is 10.1 Å². The van der Waals surface area contributed by atoms with E-state index in [0.717, 1.165) is 11.8 Å². The second-order valence-corrected chi connectivity index (χ2v) is 4.42. The minimum absolute atomic E-state index is 0.213. The van der Waals surface area contributed by atoms with Gasteiger partial charge in [-0.2, -0.15) is 0 Å². The van der Waals surface area contributed by atoms with E-state index in [1.165, 1.54) is 0 Å². The predicted molar refractivity (Wildman–Crippen MR) is 68.7 cm³/mol. The number of nitrogens with zero attached hydrogens (tertiary/aromatic N) is 2. The minimum Gasteiger partial charge on any atom is -0.485 e. The molecule has 0 radical (unpaired) electrons. The molecule has 1 unspecified atom stereocenters. The van der Waals surface area contributed by atoms with Crippen LogP contribution in [0.2, 0.25) is 0 Å². The molecule has 1 aromatic heterocycles. The van der Waals surface area contributed by atoms with Crippen LogP contribution in [0.5, 0.6) is 5.75 Å². The normalized spacial score (nSPS) is 12.2. The van der Waals surface area contributed by atoms with E-state index < -0.39 is 4.92 Å². The van der Waals surface area contributed by atoms with Gasteiger partial charge in [0.1, 0.15) is 5.69 Å². The molecule has 94 valence electrons. The molecule has 0 saturated carbocycles. The molecule has 1 rings (SSSR count). The molecular formula is C11H15BrN2O3. The highest BCUT2D eigenvalue weighted by Gasteiger charge is 2.18. The van der Waals surface area contributed by atoms with E-state index >= 15 is 0 Å². The highest BCUT2D eigenvalue weighted by atomic mass is 79.9. The number of halogens is 1. The van der Waals surface area contributed by atoms with Crippen LogP contribution < -0.4 is 4.74 Å². The summed E-state index contributed by atoms with van der Waals surface area (Å²) in [5.74, 6) is 0.366. The monoisotopic (exact) mass is 302 g/mol. The molecule has 17 heavy (non-hydrogen) atoms. The van der Waals surface area contributed by atoms with Crippen molar-refractivity contribution >= 4 is 21.7 Å². The maximum Gasteiger partial charge on any atom is 0.406 e. The van der Waals surface area contributed by atoms with Gasteiger partial charge < -0.3 is 14.9 Å². The van der Waals surface area contributed by atoms with Crippen LogP contribution in [0.25, 0.3) is 0 Å². The molecule has 6 heteroatoms. The zero-order valence-electron chi connectivity index (χ0n) is 9.85. The summed E-state index contributed by atoms with van der Waals surface area (Å²) in [6, 6.07) is 3.30. The summed E-state index contributed by atoms with van der Waals surface area (Å²) in [7, 11) is 0. The van der Waals surface area contributed by atoms with E-state index in [0.29, 0.717) is 18.2 Å². The second kappa shape index (κ2) is 6.54. The van der Waals surface area contributed by atoms with Crippen molar-refractivity contribution in [3.8, 4) is 5.75 Å². The van der Waals surface area contributed by atoms with Gasteiger partial charge in [0.05, 0.1) is 6.61 Å². The molecule has 0 aliphatic carbocycles. The molecule has 0 amide bonds. The van der Waals surface area contributed by atoms with Gasteiger partial charge in [-0.25, -0.2) is 0 Å². The zero-order valence-corrected chi connectivity index (χ0v) is 11.4. The van der Waals surface area contributed by atoms with Crippen molar-refractivity contribution in [3.63, 3.8) is 0 Å². The third-order valence-electron chi connectivity index (χ3n) is 2.42. The first kappa shape index (κ1) is 13.9. The first-order chi connectivity index (χ1) is 8.08. The van der Waals surface area contributed by atoms with Crippen molar-refractivity contribution in [2.24, 2.45) is 5.92 Å². The van der Waals surface area contributed by atoms with E-state index in [1.54, 1.807) is 19.1 Å². The van der Waals surface area contributed by atoms with Crippen molar-refractivity contribution in [1.82, 2.24) is 4.98 Å². The number of rotatable bonds is 6. The van der Waals surface area contributed by atoms with Crippen LogP contribution in [0.4, 0.5) is 5.82 Å². The Hall–Kier alpha value is -1.17. The topological polar surface area (TPSA) is 65.3 Å². The van der Waals surface area contributed by atoms with Gasteiger partial charge in [0, 0.05) is 18.2 Å². The first-order valence-electron chi connectivity index (χ1n) is 5.39. The Morgan fingerprint density at radius 1 is 1.59 bits per heavy atom. The summed E-state index contributed by atoms with van der Waals surface area (Å²) < 4.78 is 5.46. The fourth-order valence-corrected chi connectivity index (χ4v) is 1.90. The first-order valence-corrected chi connectivity index (χ1v) is 6.51. The van der Waals surface area contributed by atoms with Crippen LogP contribution in [0, 0.1) is 23.0 Å². The largest absolute Gasteiger partial charge is 0.485 e. The highest BCUT2D eigenvalue weighted by molar-refractivity contribution is 9.09. The van der Waals surface area contributed by atoms with Crippen LogP contribution in [0.3, 0.4) is 0 Å². The number of nitro groups is 1. The van der Waals surface area contributed by atoms with Gasteiger partial charge in [-0.1, -0.05) is 22.9 Å². The fraction of sp³-hybridized carbons (Fsp3) is 0.545. The van der Waals surface area contributed by atoms with Gasteiger partial charge in [0.25, 0.3) is 0 Å². The lowest BCUT2D eigenvalue weighted by Gasteiger charge is -2.12. The molecular weight excluding hydrogens is 288 g/mol. The van der Waals surface area contributed by atoms with Gasteiger partial charge in [-0.3, -0.25) is 0 Å². The van der Waals surface area contributed by atoms with E-state index in [2.05, 4.69) is 27.8 Å². The molecule has 0 N–H and O–H groups in total. The molecule has 0 bridgehead atoms. The molecule has 1 heterocycles. The Kier molecular flexibility index (Phi) is 5.34. The summed E-state index contributed by atoms with van der Waals surface area (Å²) in [5.41, 5.74) is 0.608. The van der Waals surface area contributed by atoms with Gasteiger partial charge >= 0.3 is 5.82 Å². The molecule has 0 aliphatic heterocycles. The molecule has 1 atom stereocenters. The average Bonchev–Trinajstić information content (AvgIpc) is 2.31. The summed E-state index contributed by atoms with van der Waals surface area (Å²) in [6.07, 6.45) is 0.957. The lowest BCUT2D eigenvalue weighted by atomic mass is 10.1. The van der Waals surface area contributed by atoms with Crippen molar-refractivity contribution in [2.45, 2.75) is 20.3 Å². The number of pyridine rings is 1. The maximum absolute atomic E-state index is 10.8. The summed E-state index contributed by atoms with van der Waals surface area (Å²) >= 11 is 3.38. The lowest BCUT2D eigenvalue weighted by Crippen LogP contribution is -2.13. The minimum atomic E-state index is -0.516. The summed E-state index contributed by atoms with van der Waals surface area (Å²) in [5, 5.41) is 11.6. The molecule has 0 aromatic carbocycles. The standard InChI is InChI=1S/C11H15BrN2O3/c1-3-9(6-12)7-17-10-5-4-8(2)13-11(10)14(15)16/h4-5,9H,3,6-7H2,1-2H3. The predicted octanol–water partition coefficient (Wildman–Crippen LogP) is 3.10. The SMILES string of the molecule is CCC(CBr)COc1ccc(C)nc1[N+](=O)[O-]. The highest BCUT2D eigenvalue weighted by Crippen LogP contribution is 2.25. The van der Waals surface area contributed by atoms with Crippen LogP contribution >= 0.6 is 15.9 Å². The summed E-state index contributed by atoms with van der Waals surface area (Å²) in [4.78, 5) is 14.2. The Bertz CT molecular complexity index is 394. The van der Waals surface area contributed by atoms with Crippen LogP contribution in [0.15, 0.2) is 12.1 Å². The number of alkyl halides is 1. The van der Waals surface area contributed by atoms with Gasteiger partial charge in [-0.15, -0.1) is 0 Å². The molecule has 0 saturated heterocycles. The van der Waals surface area contributed by atoms with Crippen molar-refractivity contribution < 1.29 is 9.66 Å². The van der Waals surface area contributed by atoms with E-state index in [4.69, 9.17) is 4.74 Å². The quantitative estimate of drug-likeness (QED) is 0.460. The van der Waals surface area contributed by atoms with Crippen LogP contribution in [-0.4, -0.2) is 21.8 Å². The Labute approximate surface area is 108 Å². The molecule has 0 aliphatic rings. The maximum atomic E-state index is 10.8. The summed E-state index contributed by atoms with van der Waals surface area (Å²) in [6.45, 7) is 4.22. The van der Waals surface area contributed by atoms with Gasteiger partial charge in [0.15, 0.2) is 0 Å². The number of aromatic nitrogens is 1. The number of ether oxygens (including phenoxy) is 1. The number of hydrogen-bond acceptors (Lipinski definition) is 4. The zero-order chi connectivity index (χ0) is 12.8. The van der Waals surface area contributed by atoms with Crippen LogP contribution in [0.1, 0.15) is 19.0 Å². The van der Waals surface area contributed by atoms with Crippen molar-refractivity contribution in [1.29, 1.82) is 0 Å². The van der Waals surface area contributed by atoms with E-state index in [-0.39, 0.29) is 11.6 Å². The Morgan fingerprint density at radius 3 is 2.82 bits per heavy atom. The Morgan fingerprint density at radius 2 is 2.29 bits per heavy atom. The van der Waals surface area contributed by atoms with Crippen molar-refractivity contribution in [2.75, 3.05) is 11.9 Å². The fourth-order valence-electron chi connectivity index (χ4n) is 1.25. The molecule has 0 fully saturated rings. The third-order valence-corrected chi connectivity index (χ3v) is 3.34. The third kappa shape index (κ3) is 3.96. The van der Waals surface area contributed by atoms with Crippen LogP contribution in [-0.2, 0) is 0 Å².